The van der Waals surface area contributed by atoms with E-state index < -0.39 is 17.5 Å². The van der Waals surface area contributed by atoms with Gasteiger partial charge in [0.25, 0.3) is 0 Å². The summed E-state index contributed by atoms with van der Waals surface area (Å²) < 4.78 is 25.2. The molecule has 32 heavy (non-hydrogen) atoms. The fourth-order valence-corrected chi connectivity index (χ4v) is 5.55. The molecule has 0 bridgehead atoms. The molecule has 0 radical (unpaired) electrons. The Morgan fingerprint density at radius 2 is 1.84 bits per heavy atom. The van der Waals surface area contributed by atoms with Crippen LogP contribution in [-0.2, 0) is 20.8 Å². The lowest BCUT2D eigenvalue weighted by molar-refractivity contribution is -0.217. The molecule has 1 aromatic rings. The first-order valence-electron chi connectivity index (χ1n) is 12.2. The van der Waals surface area contributed by atoms with E-state index in [1.54, 1.807) is 7.11 Å². The van der Waals surface area contributed by atoms with Crippen molar-refractivity contribution in [3.63, 3.8) is 0 Å². The van der Waals surface area contributed by atoms with Crippen molar-refractivity contribution in [2.24, 2.45) is 11.8 Å². The molecule has 1 saturated carbocycles. The van der Waals surface area contributed by atoms with Gasteiger partial charge in [0.15, 0.2) is 5.79 Å². The fourth-order valence-electron chi connectivity index (χ4n) is 5.55. The van der Waals surface area contributed by atoms with Crippen LogP contribution in [0.4, 0.5) is 0 Å². The average molecular weight is 447 g/mol. The van der Waals surface area contributed by atoms with Crippen LogP contribution in [0, 0.1) is 11.8 Å². The Morgan fingerprint density at radius 1 is 1.19 bits per heavy atom. The molecule has 1 aromatic carbocycles. The number of ether oxygens (including phenoxy) is 4. The van der Waals surface area contributed by atoms with Gasteiger partial charge in [-0.05, 0) is 50.8 Å². The van der Waals surface area contributed by atoms with Gasteiger partial charge in [0.1, 0.15) is 11.4 Å². The normalized spacial score (nSPS) is 28.8. The van der Waals surface area contributed by atoms with Gasteiger partial charge in [0.05, 0.1) is 32.0 Å². The van der Waals surface area contributed by atoms with E-state index in [4.69, 9.17) is 18.9 Å². The first-order valence-corrected chi connectivity index (χ1v) is 12.2. The highest BCUT2D eigenvalue weighted by Crippen LogP contribution is 2.50. The van der Waals surface area contributed by atoms with Gasteiger partial charge >= 0.3 is 0 Å². The Balaban J connectivity index is 1.87. The number of aliphatic hydroxyl groups is 1. The Kier molecular flexibility index (Phi) is 8.42. The second kappa shape index (κ2) is 10.7. The summed E-state index contributed by atoms with van der Waals surface area (Å²) in [5, 5.41) is 11.2. The van der Waals surface area contributed by atoms with E-state index >= 15 is 0 Å². The maximum absolute atomic E-state index is 11.2. The Labute approximate surface area is 194 Å². The molecule has 3 rings (SSSR count). The van der Waals surface area contributed by atoms with Gasteiger partial charge in [-0.1, -0.05) is 45.1 Å². The highest BCUT2D eigenvalue weighted by atomic mass is 16.8. The van der Waals surface area contributed by atoms with Crippen molar-refractivity contribution in [2.45, 2.75) is 103 Å². The first kappa shape index (κ1) is 25.2. The Hall–Kier alpha value is -1.40. The predicted octanol–water partition coefficient (Wildman–Crippen LogP) is 5.64. The zero-order valence-corrected chi connectivity index (χ0v) is 20.7. The van der Waals surface area contributed by atoms with Gasteiger partial charge in [-0.2, -0.15) is 0 Å². The number of allylic oxidation sites excluding steroid dienone is 1. The van der Waals surface area contributed by atoms with E-state index in [0.717, 1.165) is 43.4 Å². The van der Waals surface area contributed by atoms with E-state index in [0.29, 0.717) is 6.61 Å². The van der Waals surface area contributed by atoms with E-state index in [1.807, 2.05) is 50.3 Å². The maximum atomic E-state index is 11.2. The zero-order chi connectivity index (χ0) is 23.4. The minimum atomic E-state index is -0.637. The Bertz CT molecular complexity index is 739. The maximum Gasteiger partial charge on any atom is 0.169 e. The molecule has 1 saturated heterocycles. The van der Waals surface area contributed by atoms with Gasteiger partial charge in [0.2, 0.25) is 0 Å². The quantitative estimate of drug-likeness (QED) is 0.471. The molecular weight excluding hydrogens is 404 g/mol. The number of aliphatic hydroxyl groups excluding tert-OH is 1. The van der Waals surface area contributed by atoms with Crippen molar-refractivity contribution in [3.8, 4) is 5.75 Å². The molecule has 2 fully saturated rings. The summed E-state index contributed by atoms with van der Waals surface area (Å²) in [5.41, 5.74) is 0.423. The zero-order valence-electron chi connectivity index (χ0n) is 20.7. The molecule has 5 heteroatoms. The van der Waals surface area contributed by atoms with Gasteiger partial charge in [-0.15, -0.1) is 0 Å². The molecule has 6 atom stereocenters. The second-order valence-corrected chi connectivity index (χ2v) is 9.73. The van der Waals surface area contributed by atoms with Crippen LogP contribution < -0.4 is 4.74 Å². The van der Waals surface area contributed by atoms with Crippen molar-refractivity contribution >= 4 is 0 Å². The van der Waals surface area contributed by atoms with Crippen LogP contribution in [0.25, 0.3) is 0 Å². The van der Waals surface area contributed by atoms with Crippen LogP contribution in [0.3, 0.4) is 0 Å². The topological polar surface area (TPSA) is 57.2 Å². The van der Waals surface area contributed by atoms with E-state index in [1.165, 1.54) is 0 Å². The minimum Gasteiger partial charge on any atom is -0.497 e. The van der Waals surface area contributed by atoms with Crippen molar-refractivity contribution in [1.82, 2.24) is 0 Å². The highest BCUT2D eigenvalue weighted by molar-refractivity contribution is 5.26. The van der Waals surface area contributed by atoms with Crippen LogP contribution in [0.2, 0.25) is 0 Å². The van der Waals surface area contributed by atoms with Gasteiger partial charge in [0, 0.05) is 24.7 Å². The largest absolute Gasteiger partial charge is 0.497 e. The van der Waals surface area contributed by atoms with Crippen LogP contribution in [0.15, 0.2) is 36.4 Å². The first-order chi connectivity index (χ1) is 15.3. The smallest absolute Gasteiger partial charge is 0.169 e. The summed E-state index contributed by atoms with van der Waals surface area (Å²) >= 11 is 0. The second-order valence-electron chi connectivity index (χ2n) is 9.73. The highest BCUT2D eigenvalue weighted by Gasteiger charge is 2.60. The summed E-state index contributed by atoms with van der Waals surface area (Å²) in [4.78, 5) is 0. The Morgan fingerprint density at radius 3 is 2.41 bits per heavy atom. The predicted molar refractivity (Wildman–Crippen MR) is 127 cm³/mol. The molecule has 1 aliphatic carbocycles. The SMILES string of the molecule is C/C=C/[C@@H](C)[C@H](O)[C@H](C)[C@@H](OCc1ccc(OC)cc1)[C@]1(C)OC2(CCCC2)O[C@@H]1CC. The van der Waals surface area contributed by atoms with Gasteiger partial charge in [-0.25, -0.2) is 0 Å². The lowest BCUT2D eigenvalue weighted by atomic mass is 9.78. The fraction of sp³-hybridized carbons (Fsp3) is 0.704. The van der Waals surface area contributed by atoms with Gasteiger partial charge in [-0.3, -0.25) is 0 Å². The van der Waals surface area contributed by atoms with E-state index in [2.05, 4.69) is 20.8 Å². The van der Waals surface area contributed by atoms with Gasteiger partial charge < -0.3 is 24.1 Å². The summed E-state index contributed by atoms with van der Waals surface area (Å²) in [7, 11) is 1.67. The number of benzene rings is 1. The lowest BCUT2D eigenvalue weighted by Crippen LogP contribution is -2.55. The number of hydrogen-bond donors (Lipinski definition) is 1. The van der Waals surface area contributed by atoms with Crippen LogP contribution in [0.1, 0.15) is 72.3 Å². The molecule has 1 aliphatic heterocycles. The molecule has 2 aliphatic rings. The summed E-state index contributed by atoms with van der Waals surface area (Å²) in [6.07, 6.45) is 8.04. The van der Waals surface area contributed by atoms with Crippen molar-refractivity contribution in [1.29, 1.82) is 0 Å². The third kappa shape index (κ3) is 5.22. The summed E-state index contributed by atoms with van der Waals surface area (Å²) in [5.74, 6) is 0.201. The minimum absolute atomic E-state index is 0.0218. The van der Waals surface area contributed by atoms with Crippen LogP contribution >= 0.6 is 0 Å². The number of rotatable bonds is 10. The van der Waals surface area contributed by atoms with Crippen LogP contribution in [-0.4, -0.2) is 41.9 Å². The molecule has 0 unspecified atom stereocenters. The van der Waals surface area contributed by atoms with E-state index in [9.17, 15) is 5.11 Å². The third-order valence-corrected chi connectivity index (χ3v) is 7.34. The summed E-state index contributed by atoms with van der Waals surface area (Å²) in [6, 6.07) is 7.92. The number of hydrogen-bond acceptors (Lipinski definition) is 5. The molecule has 0 aromatic heterocycles. The summed E-state index contributed by atoms with van der Waals surface area (Å²) in [6.45, 7) is 10.8. The molecule has 180 valence electrons. The lowest BCUT2D eigenvalue weighted by Gasteiger charge is -2.42. The molecule has 5 nitrogen and oxygen atoms in total. The van der Waals surface area contributed by atoms with E-state index in [-0.39, 0.29) is 24.0 Å². The molecular formula is C27H42O5. The van der Waals surface area contributed by atoms with Crippen LogP contribution in [0.5, 0.6) is 5.75 Å². The standard InChI is InChI=1S/C27H42O5/c1-7-11-19(3)24(28)20(4)25(30-18-21-12-14-22(29-6)15-13-21)26(5)23(8-2)31-27(32-26)16-9-10-17-27/h7,11-15,19-20,23-25,28H,8-10,16-18H2,1-6H3/b11-7+/t19-,20+,23-,24+,25-,26-/m1/s1. The van der Waals surface area contributed by atoms with Crippen molar-refractivity contribution in [2.75, 3.05) is 7.11 Å². The van der Waals surface area contributed by atoms with Crippen molar-refractivity contribution in [3.05, 3.63) is 42.0 Å². The number of methoxy groups -OCH3 is 1. The molecule has 1 spiro atoms. The molecule has 0 amide bonds. The monoisotopic (exact) mass is 446 g/mol. The third-order valence-electron chi connectivity index (χ3n) is 7.34. The molecule has 1 heterocycles. The van der Waals surface area contributed by atoms with Crippen molar-refractivity contribution < 1.29 is 24.1 Å². The average Bonchev–Trinajstić information content (AvgIpc) is 3.36. The molecule has 1 N–H and O–H groups in total.